The molecule has 0 aliphatic rings. The SMILES string of the molecule is COc1cccc(OCc2ccc(Br)cc2)c1[C@@H](C)N. The van der Waals surface area contributed by atoms with E-state index in [1.165, 1.54) is 0 Å². The van der Waals surface area contributed by atoms with Gasteiger partial charge in [-0.15, -0.1) is 0 Å². The summed E-state index contributed by atoms with van der Waals surface area (Å²) in [6.45, 7) is 2.42. The number of rotatable bonds is 5. The van der Waals surface area contributed by atoms with Crippen molar-refractivity contribution in [3.63, 3.8) is 0 Å². The van der Waals surface area contributed by atoms with Crippen molar-refractivity contribution in [1.82, 2.24) is 0 Å². The second kappa shape index (κ2) is 6.77. The summed E-state index contributed by atoms with van der Waals surface area (Å²) >= 11 is 3.42. The van der Waals surface area contributed by atoms with Crippen molar-refractivity contribution in [3.05, 3.63) is 58.1 Å². The Balaban J connectivity index is 2.18. The number of hydrogen-bond donors (Lipinski definition) is 1. The highest BCUT2D eigenvalue weighted by Gasteiger charge is 2.14. The van der Waals surface area contributed by atoms with E-state index in [-0.39, 0.29) is 6.04 Å². The highest BCUT2D eigenvalue weighted by Crippen LogP contribution is 2.33. The quantitative estimate of drug-likeness (QED) is 0.896. The molecule has 0 saturated heterocycles. The minimum atomic E-state index is -0.147. The summed E-state index contributed by atoms with van der Waals surface area (Å²) < 4.78 is 12.3. The Morgan fingerprint density at radius 2 is 1.75 bits per heavy atom. The standard InChI is InChI=1S/C16H18BrNO2/c1-11(18)16-14(19-2)4-3-5-15(16)20-10-12-6-8-13(17)9-7-12/h3-9,11H,10,18H2,1-2H3/t11-/m1/s1. The first-order valence-corrected chi connectivity index (χ1v) is 7.21. The minimum Gasteiger partial charge on any atom is -0.496 e. The molecule has 3 nitrogen and oxygen atoms in total. The van der Waals surface area contributed by atoms with Gasteiger partial charge < -0.3 is 15.2 Å². The lowest BCUT2D eigenvalue weighted by Gasteiger charge is -2.17. The van der Waals surface area contributed by atoms with Crippen molar-refractivity contribution in [1.29, 1.82) is 0 Å². The van der Waals surface area contributed by atoms with Crippen molar-refractivity contribution in [2.24, 2.45) is 5.73 Å². The maximum atomic E-state index is 6.01. The van der Waals surface area contributed by atoms with E-state index in [1.54, 1.807) is 7.11 Å². The maximum Gasteiger partial charge on any atom is 0.128 e. The molecule has 2 N–H and O–H groups in total. The number of methoxy groups -OCH3 is 1. The van der Waals surface area contributed by atoms with Gasteiger partial charge in [0.2, 0.25) is 0 Å². The fourth-order valence-corrected chi connectivity index (χ4v) is 2.28. The van der Waals surface area contributed by atoms with Crippen molar-refractivity contribution in [2.75, 3.05) is 7.11 Å². The van der Waals surface area contributed by atoms with E-state index in [1.807, 2.05) is 49.4 Å². The lowest BCUT2D eigenvalue weighted by Crippen LogP contribution is -2.10. The lowest BCUT2D eigenvalue weighted by atomic mass is 10.1. The van der Waals surface area contributed by atoms with Gasteiger partial charge in [-0.3, -0.25) is 0 Å². The summed E-state index contributed by atoms with van der Waals surface area (Å²) in [6.07, 6.45) is 0. The van der Waals surface area contributed by atoms with Crippen LogP contribution in [-0.2, 0) is 6.61 Å². The summed E-state index contributed by atoms with van der Waals surface area (Å²) in [4.78, 5) is 0. The second-order valence-corrected chi connectivity index (χ2v) is 5.49. The van der Waals surface area contributed by atoms with Gasteiger partial charge in [0.15, 0.2) is 0 Å². The zero-order valence-electron chi connectivity index (χ0n) is 11.6. The molecular formula is C16H18BrNO2. The third-order valence-electron chi connectivity index (χ3n) is 3.01. The van der Waals surface area contributed by atoms with Gasteiger partial charge in [0.1, 0.15) is 18.1 Å². The van der Waals surface area contributed by atoms with Crippen LogP contribution < -0.4 is 15.2 Å². The molecule has 2 aromatic carbocycles. The van der Waals surface area contributed by atoms with Gasteiger partial charge >= 0.3 is 0 Å². The topological polar surface area (TPSA) is 44.5 Å². The van der Waals surface area contributed by atoms with E-state index in [0.29, 0.717) is 6.61 Å². The number of hydrogen-bond acceptors (Lipinski definition) is 3. The van der Waals surface area contributed by atoms with Crippen LogP contribution in [0.25, 0.3) is 0 Å². The smallest absolute Gasteiger partial charge is 0.128 e. The summed E-state index contributed by atoms with van der Waals surface area (Å²) in [5, 5.41) is 0. The van der Waals surface area contributed by atoms with Crippen LogP contribution in [0, 0.1) is 0 Å². The molecule has 0 aromatic heterocycles. The van der Waals surface area contributed by atoms with Crippen molar-refractivity contribution >= 4 is 15.9 Å². The van der Waals surface area contributed by atoms with Gasteiger partial charge in [0, 0.05) is 10.5 Å². The molecule has 106 valence electrons. The molecule has 0 spiro atoms. The van der Waals surface area contributed by atoms with E-state index >= 15 is 0 Å². The summed E-state index contributed by atoms with van der Waals surface area (Å²) in [5.41, 5.74) is 8.01. The van der Waals surface area contributed by atoms with Crippen LogP contribution in [0.5, 0.6) is 11.5 Å². The molecular weight excluding hydrogens is 318 g/mol. The molecule has 0 saturated carbocycles. The average molecular weight is 336 g/mol. The number of nitrogens with two attached hydrogens (primary N) is 1. The van der Waals surface area contributed by atoms with Crippen LogP contribution in [0.2, 0.25) is 0 Å². The van der Waals surface area contributed by atoms with Crippen molar-refractivity contribution in [2.45, 2.75) is 19.6 Å². The third kappa shape index (κ3) is 3.52. The third-order valence-corrected chi connectivity index (χ3v) is 3.54. The summed E-state index contributed by atoms with van der Waals surface area (Å²) in [7, 11) is 1.64. The van der Waals surface area contributed by atoms with Crippen LogP contribution in [-0.4, -0.2) is 7.11 Å². The maximum absolute atomic E-state index is 6.01. The molecule has 2 rings (SSSR count). The van der Waals surface area contributed by atoms with E-state index in [0.717, 1.165) is 27.1 Å². The zero-order chi connectivity index (χ0) is 14.5. The molecule has 1 atom stereocenters. The van der Waals surface area contributed by atoms with Gasteiger partial charge in [0.25, 0.3) is 0 Å². The Bertz CT molecular complexity index is 567. The normalized spacial score (nSPS) is 12.0. The van der Waals surface area contributed by atoms with Crippen LogP contribution in [0.1, 0.15) is 24.1 Å². The fourth-order valence-electron chi connectivity index (χ4n) is 2.02. The molecule has 0 aliphatic heterocycles. The second-order valence-electron chi connectivity index (χ2n) is 4.58. The molecule has 0 amide bonds. The fraction of sp³-hybridized carbons (Fsp3) is 0.250. The number of halogens is 1. The van der Waals surface area contributed by atoms with Gasteiger partial charge in [-0.05, 0) is 36.8 Å². The zero-order valence-corrected chi connectivity index (χ0v) is 13.2. The molecule has 2 aromatic rings. The molecule has 0 fully saturated rings. The molecule has 0 aliphatic carbocycles. The van der Waals surface area contributed by atoms with E-state index in [4.69, 9.17) is 15.2 Å². The first-order chi connectivity index (χ1) is 9.61. The molecule has 0 bridgehead atoms. The van der Waals surface area contributed by atoms with Crippen LogP contribution in [0.4, 0.5) is 0 Å². The highest BCUT2D eigenvalue weighted by molar-refractivity contribution is 9.10. The molecule has 20 heavy (non-hydrogen) atoms. The monoisotopic (exact) mass is 335 g/mol. The molecule has 0 unspecified atom stereocenters. The van der Waals surface area contributed by atoms with Crippen molar-refractivity contribution < 1.29 is 9.47 Å². The van der Waals surface area contributed by atoms with E-state index < -0.39 is 0 Å². The summed E-state index contributed by atoms with van der Waals surface area (Å²) in [5.74, 6) is 1.52. The first kappa shape index (κ1) is 14.9. The predicted molar refractivity (Wildman–Crippen MR) is 84.1 cm³/mol. The van der Waals surface area contributed by atoms with E-state index in [2.05, 4.69) is 15.9 Å². The Kier molecular flexibility index (Phi) is 5.04. The molecule has 0 heterocycles. The van der Waals surface area contributed by atoms with E-state index in [9.17, 15) is 0 Å². The average Bonchev–Trinajstić information content (AvgIpc) is 2.46. The molecule has 4 heteroatoms. The Hall–Kier alpha value is -1.52. The Labute approximate surface area is 127 Å². The van der Waals surface area contributed by atoms with Gasteiger partial charge in [-0.25, -0.2) is 0 Å². The van der Waals surface area contributed by atoms with Crippen LogP contribution >= 0.6 is 15.9 Å². The number of ether oxygens (including phenoxy) is 2. The van der Waals surface area contributed by atoms with Gasteiger partial charge in [-0.1, -0.05) is 34.1 Å². The van der Waals surface area contributed by atoms with Crippen LogP contribution in [0.15, 0.2) is 46.9 Å². The Morgan fingerprint density at radius 3 is 2.35 bits per heavy atom. The predicted octanol–water partition coefficient (Wildman–Crippen LogP) is 4.06. The Morgan fingerprint density at radius 1 is 1.10 bits per heavy atom. The largest absolute Gasteiger partial charge is 0.496 e. The van der Waals surface area contributed by atoms with Gasteiger partial charge in [0.05, 0.1) is 12.7 Å². The minimum absolute atomic E-state index is 0.147. The first-order valence-electron chi connectivity index (χ1n) is 6.41. The van der Waals surface area contributed by atoms with Crippen LogP contribution in [0.3, 0.4) is 0 Å². The molecule has 0 radical (unpaired) electrons. The number of benzene rings is 2. The lowest BCUT2D eigenvalue weighted by molar-refractivity contribution is 0.297. The van der Waals surface area contributed by atoms with Gasteiger partial charge in [-0.2, -0.15) is 0 Å². The van der Waals surface area contributed by atoms with Crippen molar-refractivity contribution in [3.8, 4) is 11.5 Å². The summed E-state index contributed by atoms with van der Waals surface area (Å²) in [6, 6.07) is 13.6. The highest BCUT2D eigenvalue weighted by atomic mass is 79.9.